The van der Waals surface area contributed by atoms with Crippen LogP contribution in [0.5, 0.6) is 0 Å². The van der Waals surface area contributed by atoms with E-state index in [1.54, 1.807) is 12.1 Å². The second-order valence-corrected chi connectivity index (χ2v) is 7.00. The van der Waals surface area contributed by atoms with Gasteiger partial charge in [-0.25, -0.2) is 13.6 Å². The summed E-state index contributed by atoms with van der Waals surface area (Å²) >= 11 is 0. The zero-order chi connectivity index (χ0) is 14.9. The van der Waals surface area contributed by atoms with E-state index in [4.69, 9.17) is 5.14 Å². The van der Waals surface area contributed by atoms with Gasteiger partial charge in [-0.15, -0.1) is 0 Å². The monoisotopic (exact) mass is 302 g/mol. The third-order valence-electron chi connectivity index (χ3n) is 3.76. The first-order chi connectivity index (χ1) is 10.0. The normalized spacial score (nSPS) is 16.4. The summed E-state index contributed by atoms with van der Waals surface area (Å²) in [6, 6.07) is 17.2. The van der Waals surface area contributed by atoms with Crippen molar-refractivity contribution in [2.24, 2.45) is 11.1 Å². The Morgan fingerprint density at radius 1 is 1.00 bits per heavy atom. The summed E-state index contributed by atoms with van der Waals surface area (Å²) in [5.41, 5.74) is 2.17. The topological polar surface area (TPSA) is 72.2 Å². The maximum absolute atomic E-state index is 11.3. The molecule has 0 aliphatic heterocycles. The first-order valence-electron chi connectivity index (χ1n) is 6.98. The van der Waals surface area contributed by atoms with Crippen LogP contribution in [0.15, 0.2) is 59.5 Å². The fourth-order valence-electron chi connectivity index (χ4n) is 2.48. The largest absolute Gasteiger partial charge is 0.378 e. The van der Waals surface area contributed by atoms with Crippen molar-refractivity contribution in [2.75, 3.05) is 5.32 Å². The first kappa shape index (κ1) is 14.1. The van der Waals surface area contributed by atoms with Crippen LogP contribution in [0.4, 0.5) is 5.69 Å². The van der Waals surface area contributed by atoms with Gasteiger partial charge in [0, 0.05) is 5.69 Å². The Hall–Kier alpha value is -1.85. The minimum absolute atomic E-state index is 0.135. The average molecular weight is 302 g/mol. The van der Waals surface area contributed by atoms with Crippen LogP contribution in [-0.2, 0) is 10.0 Å². The van der Waals surface area contributed by atoms with Crippen molar-refractivity contribution >= 4 is 15.7 Å². The third kappa shape index (κ3) is 3.43. The summed E-state index contributed by atoms with van der Waals surface area (Å²) in [4.78, 5) is 0.135. The SMILES string of the molecule is NS(=O)(=O)c1ccc(NC(c2ccccc2)C2CC2)cc1. The number of nitrogens with two attached hydrogens (primary N) is 1. The highest BCUT2D eigenvalue weighted by Crippen LogP contribution is 2.42. The van der Waals surface area contributed by atoms with Crippen LogP contribution < -0.4 is 10.5 Å². The molecule has 0 bridgehead atoms. The first-order valence-corrected chi connectivity index (χ1v) is 8.53. The lowest BCUT2D eigenvalue weighted by atomic mass is 10.0. The number of rotatable bonds is 5. The van der Waals surface area contributed by atoms with Gasteiger partial charge in [0.25, 0.3) is 0 Å². The second kappa shape index (κ2) is 5.50. The molecule has 0 spiro atoms. The van der Waals surface area contributed by atoms with Gasteiger partial charge in [0.15, 0.2) is 0 Å². The van der Waals surface area contributed by atoms with E-state index >= 15 is 0 Å². The van der Waals surface area contributed by atoms with Crippen LogP contribution in [0, 0.1) is 5.92 Å². The fraction of sp³-hybridized carbons (Fsp3) is 0.250. The summed E-state index contributed by atoms with van der Waals surface area (Å²) in [5, 5.41) is 8.61. The lowest BCUT2D eigenvalue weighted by Crippen LogP contribution is -2.14. The molecule has 1 atom stereocenters. The van der Waals surface area contributed by atoms with Gasteiger partial charge in [-0.2, -0.15) is 0 Å². The predicted octanol–water partition coefficient (Wildman–Crippen LogP) is 2.90. The smallest absolute Gasteiger partial charge is 0.238 e. The molecule has 0 radical (unpaired) electrons. The van der Waals surface area contributed by atoms with E-state index in [2.05, 4.69) is 17.4 Å². The van der Waals surface area contributed by atoms with Crippen molar-refractivity contribution < 1.29 is 8.42 Å². The van der Waals surface area contributed by atoms with E-state index in [9.17, 15) is 8.42 Å². The van der Waals surface area contributed by atoms with E-state index < -0.39 is 10.0 Å². The summed E-state index contributed by atoms with van der Waals surface area (Å²) in [5.74, 6) is 0.644. The van der Waals surface area contributed by atoms with Crippen LogP contribution in [-0.4, -0.2) is 8.42 Å². The van der Waals surface area contributed by atoms with Gasteiger partial charge in [0.2, 0.25) is 10.0 Å². The molecule has 2 aromatic rings. The lowest BCUT2D eigenvalue weighted by molar-refractivity contribution is 0.598. The van der Waals surface area contributed by atoms with Gasteiger partial charge >= 0.3 is 0 Å². The molecule has 0 aromatic heterocycles. The molecule has 0 heterocycles. The highest BCUT2D eigenvalue weighted by Gasteiger charge is 2.32. The molecule has 0 amide bonds. The molecular formula is C16H18N2O2S. The molecule has 4 nitrogen and oxygen atoms in total. The standard InChI is InChI=1S/C16H18N2O2S/c17-21(19,20)15-10-8-14(9-11-15)18-16(13-6-7-13)12-4-2-1-3-5-12/h1-5,8-11,13,16,18H,6-7H2,(H2,17,19,20). The Kier molecular flexibility index (Phi) is 3.69. The quantitative estimate of drug-likeness (QED) is 0.892. The molecule has 1 fully saturated rings. The average Bonchev–Trinajstić information content (AvgIpc) is 3.30. The van der Waals surface area contributed by atoms with Crippen molar-refractivity contribution in [3.63, 3.8) is 0 Å². The van der Waals surface area contributed by atoms with Gasteiger partial charge in [0.1, 0.15) is 0 Å². The van der Waals surface area contributed by atoms with Crippen molar-refractivity contribution in [1.29, 1.82) is 0 Å². The van der Waals surface area contributed by atoms with Crippen molar-refractivity contribution in [2.45, 2.75) is 23.8 Å². The number of primary sulfonamides is 1. The second-order valence-electron chi connectivity index (χ2n) is 5.44. The Labute approximate surface area is 125 Å². The molecule has 2 aromatic carbocycles. The van der Waals surface area contributed by atoms with Crippen LogP contribution in [0.25, 0.3) is 0 Å². The summed E-state index contributed by atoms with van der Waals surface area (Å²) in [6.45, 7) is 0. The molecule has 1 saturated carbocycles. The molecular weight excluding hydrogens is 284 g/mol. The van der Waals surface area contributed by atoms with Crippen LogP contribution in [0.2, 0.25) is 0 Å². The van der Waals surface area contributed by atoms with Crippen molar-refractivity contribution in [1.82, 2.24) is 0 Å². The fourth-order valence-corrected chi connectivity index (χ4v) is 3.00. The van der Waals surface area contributed by atoms with Crippen LogP contribution in [0.3, 0.4) is 0 Å². The number of sulfonamides is 1. The van der Waals surface area contributed by atoms with E-state index in [1.165, 1.54) is 30.5 Å². The number of benzene rings is 2. The highest BCUT2D eigenvalue weighted by atomic mass is 32.2. The molecule has 21 heavy (non-hydrogen) atoms. The molecule has 0 saturated heterocycles. The summed E-state index contributed by atoms with van der Waals surface area (Å²) in [6.07, 6.45) is 2.45. The summed E-state index contributed by atoms with van der Waals surface area (Å²) in [7, 11) is -3.63. The van der Waals surface area contributed by atoms with E-state index in [1.807, 2.05) is 18.2 Å². The van der Waals surface area contributed by atoms with Crippen LogP contribution in [0.1, 0.15) is 24.4 Å². The molecule has 3 N–H and O–H groups in total. The molecule has 1 unspecified atom stereocenters. The lowest BCUT2D eigenvalue weighted by Gasteiger charge is -2.20. The molecule has 110 valence electrons. The Morgan fingerprint density at radius 2 is 1.62 bits per heavy atom. The van der Waals surface area contributed by atoms with Gasteiger partial charge in [-0.1, -0.05) is 30.3 Å². The van der Waals surface area contributed by atoms with Crippen LogP contribution >= 0.6 is 0 Å². The highest BCUT2D eigenvalue weighted by molar-refractivity contribution is 7.89. The van der Waals surface area contributed by atoms with Gasteiger partial charge in [0.05, 0.1) is 10.9 Å². The van der Waals surface area contributed by atoms with Crippen molar-refractivity contribution in [3.8, 4) is 0 Å². The Bertz CT molecular complexity index is 708. The van der Waals surface area contributed by atoms with Crippen molar-refractivity contribution in [3.05, 3.63) is 60.2 Å². The minimum Gasteiger partial charge on any atom is -0.378 e. The number of hydrogen-bond acceptors (Lipinski definition) is 3. The maximum atomic E-state index is 11.3. The molecule has 5 heteroatoms. The summed E-state index contributed by atoms with van der Waals surface area (Å²) < 4.78 is 22.5. The molecule has 1 aliphatic rings. The zero-order valence-corrected chi connectivity index (χ0v) is 12.4. The molecule has 3 rings (SSSR count). The van der Waals surface area contributed by atoms with Gasteiger partial charge in [-0.3, -0.25) is 0 Å². The van der Waals surface area contributed by atoms with E-state index in [0.717, 1.165) is 5.69 Å². The molecule has 1 aliphatic carbocycles. The third-order valence-corrected chi connectivity index (χ3v) is 4.69. The number of nitrogens with one attached hydrogen (secondary N) is 1. The maximum Gasteiger partial charge on any atom is 0.238 e. The minimum atomic E-state index is -3.63. The zero-order valence-electron chi connectivity index (χ0n) is 11.6. The Morgan fingerprint density at radius 3 is 2.14 bits per heavy atom. The van der Waals surface area contributed by atoms with E-state index in [-0.39, 0.29) is 10.9 Å². The van der Waals surface area contributed by atoms with E-state index in [0.29, 0.717) is 5.92 Å². The number of hydrogen-bond donors (Lipinski definition) is 2. The van der Waals surface area contributed by atoms with Gasteiger partial charge < -0.3 is 5.32 Å². The number of anilines is 1. The Balaban J connectivity index is 1.81. The van der Waals surface area contributed by atoms with Gasteiger partial charge in [-0.05, 0) is 48.6 Å². The predicted molar refractivity (Wildman–Crippen MR) is 83.3 cm³/mol.